The van der Waals surface area contributed by atoms with Crippen LogP contribution in [0.15, 0.2) is 75.4 Å². The molecule has 1 amide bonds. The average molecular weight is 348 g/mol. The number of carbonyl (C=O) groups excluding carboxylic acids is 1. The zero-order valence-electron chi connectivity index (χ0n) is 12.9. The third kappa shape index (κ3) is 2.83. The van der Waals surface area contributed by atoms with Gasteiger partial charge in [0.15, 0.2) is 5.13 Å². The van der Waals surface area contributed by atoms with Crippen molar-refractivity contribution in [3.63, 3.8) is 0 Å². The maximum atomic E-state index is 12.7. The van der Waals surface area contributed by atoms with Crippen LogP contribution in [0.2, 0.25) is 0 Å². The highest BCUT2D eigenvalue weighted by Gasteiger charge is 2.21. The van der Waals surface area contributed by atoms with E-state index in [1.807, 2.05) is 42.5 Å². The molecule has 6 heteroatoms. The fraction of sp³-hybridized carbons (Fsp3) is 0. The number of thiazole rings is 1. The summed E-state index contributed by atoms with van der Waals surface area (Å²) in [4.78, 5) is 29.1. The van der Waals surface area contributed by atoms with Gasteiger partial charge in [-0.1, -0.05) is 48.5 Å². The summed E-state index contributed by atoms with van der Waals surface area (Å²) in [5.74, 6) is -0.526. The van der Waals surface area contributed by atoms with Crippen molar-refractivity contribution >= 4 is 33.1 Å². The van der Waals surface area contributed by atoms with E-state index in [0.717, 1.165) is 5.56 Å². The van der Waals surface area contributed by atoms with Crippen molar-refractivity contribution in [1.82, 2.24) is 4.98 Å². The summed E-state index contributed by atoms with van der Waals surface area (Å²) < 4.78 is 5.40. The molecule has 0 bridgehead atoms. The van der Waals surface area contributed by atoms with Gasteiger partial charge in [0.1, 0.15) is 0 Å². The van der Waals surface area contributed by atoms with Gasteiger partial charge < -0.3 is 4.42 Å². The monoisotopic (exact) mass is 348 g/mol. The molecule has 4 aromatic rings. The van der Waals surface area contributed by atoms with Crippen LogP contribution < -0.4 is 10.9 Å². The van der Waals surface area contributed by atoms with Crippen LogP contribution in [0.4, 0.5) is 5.13 Å². The second-order valence-electron chi connectivity index (χ2n) is 5.30. The first-order valence-corrected chi connectivity index (χ1v) is 8.44. The maximum Gasteiger partial charge on any atom is 0.344 e. The predicted octanol–water partition coefficient (Wildman–Crippen LogP) is 4.17. The van der Waals surface area contributed by atoms with Crippen LogP contribution in [-0.2, 0) is 0 Å². The van der Waals surface area contributed by atoms with Gasteiger partial charge >= 0.3 is 5.63 Å². The van der Waals surface area contributed by atoms with Gasteiger partial charge in [-0.05, 0) is 11.6 Å². The molecule has 2 aromatic carbocycles. The summed E-state index contributed by atoms with van der Waals surface area (Å²) in [6, 6.07) is 16.5. The van der Waals surface area contributed by atoms with Gasteiger partial charge in [0.2, 0.25) is 5.76 Å². The minimum Gasteiger partial charge on any atom is -0.416 e. The highest BCUT2D eigenvalue weighted by molar-refractivity contribution is 7.13. The summed E-state index contributed by atoms with van der Waals surface area (Å²) >= 11 is 1.29. The second kappa shape index (κ2) is 6.33. The summed E-state index contributed by atoms with van der Waals surface area (Å²) in [6.45, 7) is 0. The molecule has 0 aliphatic carbocycles. The first-order chi connectivity index (χ1) is 12.2. The SMILES string of the molecule is O=C(Nc1nccs1)c1oc(=O)c2ccccc2c1-c1ccccc1. The van der Waals surface area contributed by atoms with Gasteiger partial charge in [-0.25, -0.2) is 9.78 Å². The third-order valence-electron chi connectivity index (χ3n) is 3.76. The van der Waals surface area contributed by atoms with Gasteiger partial charge in [0.25, 0.3) is 5.91 Å². The number of rotatable bonds is 3. The molecule has 0 saturated heterocycles. The molecule has 5 nitrogen and oxygen atoms in total. The smallest absolute Gasteiger partial charge is 0.344 e. The molecule has 2 aromatic heterocycles. The Hall–Kier alpha value is -3.25. The molecule has 2 heterocycles. The normalized spacial score (nSPS) is 10.7. The topological polar surface area (TPSA) is 72.2 Å². The van der Waals surface area contributed by atoms with Gasteiger partial charge in [0.05, 0.1) is 5.39 Å². The van der Waals surface area contributed by atoms with Crippen molar-refractivity contribution in [2.24, 2.45) is 0 Å². The van der Waals surface area contributed by atoms with Crippen LogP contribution in [0.3, 0.4) is 0 Å². The first kappa shape index (κ1) is 15.3. The van der Waals surface area contributed by atoms with Crippen molar-refractivity contribution in [3.8, 4) is 11.1 Å². The lowest BCUT2D eigenvalue weighted by Crippen LogP contribution is -2.16. The van der Waals surface area contributed by atoms with Crippen molar-refractivity contribution in [2.75, 3.05) is 5.32 Å². The number of carbonyl (C=O) groups is 1. The van der Waals surface area contributed by atoms with E-state index < -0.39 is 11.5 Å². The molecule has 1 N–H and O–H groups in total. The largest absolute Gasteiger partial charge is 0.416 e. The molecule has 4 rings (SSSR count). The molecule has 0 aliphatic heterocycles. The quantitative estimate of drug-likeness (QED) is 0.603. The number of hydrogen-bond donors (Lipinski definition) is 1. The van der Waals surface area contributed by atoms with E-state index in [9.17, 15) is 9.59 Å². The summed E-state index contributed by atoms with van der Waals surface area (Å²) in [5, 5.41) is 5.99. The van der Waals surface area contributed by atoms with Crippen molar-refractivity contribution in [2.45, 2.75) is 0 Å². The van der Waals surface area contributed by atoms with E-state index in [0.29, 0.717) is 21.5 Å². The summed E-state index contributed by atoms with van der Waals surface area (Å²) in [7, 11) is 0. The van der Waals surface area contributed by atoms with Crippen molar-refractivity contribution < 1.29 is 9.21 Å². The Morgan fingerprint density at radius 1 is 1.00 bits per heavy atom. The van der Waals surface area contributed by atoms with Crippen molar-refractivity contribution in [1.29, 1.82) is 0 Å². The first-order valence-electron chi connectivity index (χ1n) is 7.56. The van der Waals surface area contributed by atoms with E-state index in [2.05, 4.69) is 10.3 Å². The van der Waals surface area contributed by atoms with Gasteiger partial charge in [-0.15, -0.1) is 11.3 Å². The van der Waals surface area contributed by atoms with Crippen LogP contribution in [0.1, 0.15) is 10.6 Å². The zero-order valence-corrected chi connectivity index (χ0v) is 13.7. The minimum atomic E-state index is -0.542. The molecule has 0 saturated carbocycles. The number of fused-ring (bicyclic) bond motifs is 1. The number of aromatic nitrogens is 1. The van der Waals surface area contributed by atoms with Gasteiger partial charge in [-0.2, -0.15) is 0 Å². The number of benzene rings is 2. The number of nitrogens with one attached hydrogen (secondary N) is 1. The predicted molar refractivity (Wildman–Crippen MR) is 98.0 cm³/mol. The third-order valence-corrected chi connectivity index (χ3v) is 4.45. The fourth-order valence-electron chi connectivity index (χ4n) is 2.69. The summed E-state index contributed by atoms with van der Waals surface area (Å²) in [5.41, 5.74) is 0.844. The lowest BCUT2D eigenvalue weighted by atomic mass is 9.98. The Morgan fingerprint density at radius 2 is 1.72 bits per heavy atom. The lowest BCUT2D eigenvalue weighted by molar-refractivity contribution is 0.0994. The Bertz CT molecular complexity index is 1100. The minimum absolute atomic E-state index is 0.0231. The Morgan fingerprint density at radius 3 is 2.44 bits per heavy atom. The maximum absolute atomic E-state index is 12.7. The highest BCUT2D eigenvalue weighted by atomic mass is 32.1. The molecule has 0 unspecified atom stereocenters. The fourth-order valence-corrected chi connectivity index (χ4v) is 3.21. The number of amides is 1. The molecule has 25 heavy (non-hydrogen) atoms. The number of hydrogen-bond acceptors (Lipinski definition) is 5. The standard InChI is InChI=1S/C19H12N2O3S/c22-17(21-19-20-10-11-25-19)16-15(12-6-2-1-3-7-12)13-8-4-5-9-14(13)18(23)24-16/h1-11H,(H,20,21,22). The van der Waals surface area contributed by atoms with Gasteiger partial charge in [-0.3, -0.25) is 10.1 Å². The zero-order chi connectivity index (χ0) is 17.2. The molecule has 0 spiro atoms. The Balaban J connectivity index is 1.97. The number of nitrogens with zero attached hydrogens (tertiary/aromatic N) is 1. The van der Waals surface area contributed by atoms with E-state index in [1.54, 1.807) is 23.7 Å². The summed E-state index contributed by atoms with van der Waals surface area (Å²) in [6.07, 6.45) is 1.59. The molecule has 0 fully saturated rings. The van der Waals surface area contributed by atoms with E-state index in [4.69, 9.17) is 4.42 Å². The van der Waals surface area contributed by atoms with Crippen molar-refractivity contribution in [3.05, 3.63) is 82.4 Å². The Kier molecular flexibility index (Phi) is 3.87. The molecule has 0 atom stereocenters. The molecule has 0 radical (unpaired) electrons. The molecule has 0 aliphatic rings. The van der Waals surface area contributed by atoms with E-state index >= 15 is 0 Å². The lowest BCUT2D eigenvalue weighted by Gasteiger charge is -2.11. The highest BCUT2D eigenvalue weighted by Crippen LogP contribution is 2.31. The molecular formula is C19H12N2O3S. The van der Waals surface area contributed by atoms with Gasteiger partial charge in [0, 0.05) is 22.5 Å². The van der Waals surface area contributed by atoms with Crippen LogP contribution in [0.25, 0.3) is 21.9 Å². The Labute approximate surface area is 146 Å². The van der Waals surface area contributed by atoms with Crippen LogP contribution in [0, 0.1) is 0 Å². The molecule has 122 valence electrons. The molecular weight excluding hydrogens is 336 g/mol. The number of anilines is 1. The van der Waals surface area contributed by atoms with E-state index in [-0.39, 0.29) is 5.76 Å². The van der Waals surface area contributed by atoms with Crippen LogP contribution >= 0.6 is 11.3 Å². The second-order valence-corrected chi connectivity index (χ2v) is 6.19. The van der Waals surface area contributed by atoms with Crippen LogP contribution in [-0.4, -0.2) is 10.9 Å². The van der Waals surface area contributed by atoms with E-state index in [1.165, 1.54) is 11.3 Å². The average Bonchev–Trinajstić information content (AvgIpc) is 3.15. The van der Waals surface area contributed by atoms with Crippen LogP contribution in [0.5, 0.6) is 0 Å².